The first-order chi connectivity index (χ1) is 9.35. The molecule has 0 saturated heterocycles. The topological polar surface area (TPSA) is 29.9 Å². The molecule has 0 atom stereocenters. The first-order valence-electron chi connectivity index (χ1n) is 6.54. The Balaban J connectivity index is 2.10. The Hall–Kier alpha value is -1.03. The molecule has 1 heterocycles. The first-order valence-corrected chi connectivity index (χ1v) is 7.30. The van der Waals surface area contributed by atoms with E-state index in [-0.39, 0.29) is 5.54 Å². The highest BCUT2D eigenvalue weighted by Crippen LogP contribution is 2.23. The second-order valence-corrected chi connectivity index (χ2v) is 6.64. The van der Waals surface area contributed by atoms with E-state index >= 15 is 0 Å². The van der Waals surface area contributed by atoms with Crippen LogP contribution in [-0.4, -0.2) is 15.1 Å². The highest BCUT2D eigenvalue weighted by atomic mass is 35.5. The van der Waals surface area contributed by atoms with Gasteiger partial charge in [0.15, 0.2) is 0 Å². The Morgan fingerprint density at radius 1 is 1.20 bits per heavy atom. The van der Waals surface area contributed by atoms with Crippen molar-refractivity contribution in [3.63, 3.8) is 0 Å². The van der Waals surface area contributed by atoms with Crippen molar-refractivity contribution in [1.82, 2.24) is 14.9 Å². The van der Waals surface area contributed by atoms with Crippen molar-refractivity contribution in [3.05, 3.63) is 52.0 Å². The van der Waals surface area contributed by atoms with E-state index in [4.69, 9.17) is 23.2 Å². The fourth-order valence-electron chi connectivity index (χ4n) is 1.83. The van der Waals surface area contributed by atoms with Crippen LogP contribution in [0.3, 0.4) is 0 Å². The van der Waals surface area contributed by atoms with Gasteiger partial charge in [-0.05, 0) is 38.5 Å². The molecule has 1 aromatic carbocycles. The molecule has 0 amide bonds. The number of benzene rings is 1. The molecule has 2 rings (SSSR count). The third-order valence-corrected chi connectivity index (χ3v) is 3.65. The molecule has 0 aliphatic carbocycles. The number of hydrogen-bond acceptors (Lipinski definition) is 2. The molecule has 2 aromatic rings. The predicted octanol–water partition coefficient (Wildman–Crippen LogP) is 4.13. The van der Waals surface area contributed by atoms with Gasteiger partial charge >= 0.3 is 0 Å². The third-order valence-electron chi connectivity index (χ3n) is 2.92. The molecule has 0 unspecified atom stereocenters. The van der Waals surface area contributed by atoms with Gasteiger partial charge in [0.25, 0.3) is 0 Å². The van der Waals surface area contributed by atoms with Crippen LogP contribution in [0.2, 0.25) is 10.0 Å². The lowest BCUT2D eigenvalue weighted by Crippen LogP contribution is -2.36. The molecule has 108 valence electrons. The zero-order chi connectivity index (χ0) is 14.8. The van der Waals surface area contributed by atoms with Crippen LogP contribution in [-0.2, 0) is 13.1 Å². The highest BCUT2D eigenvalue weighted by molar-refractivity contribution is 6.42. The average molecular weight is 312 g/mol. The van der Waals surface area contributed by atoms with E-state index < -0.39 is 0 Å². The second-order valence-electron chi connectivity index (χ2n) is 5.82. The molecule has 0 bridgehead atoms. The summed E-state index contributed by atoms with van der Waals surface area (Å²) in [6.45, 7) is 7.88. The number of imidazole rings is 1. The predicted molar refractivity (Wildman–Crippen MR) is 84.4 cm³/mol. The maximum absolute atomic E-state index is 6.05. The minimum atomic E-state index is 0.0698. The van der Waals surface area contributed by atoms with E-state index in [2.05, 4.69) is 35.6 Å². The van der Waals surface area contributed by atoms with E-state index in [0.717, 1.165) is 24.5 Å². The number of rotatable bonds is 4. The molecule has 3 nitrogen and oxygen atoms in total. The number of hydrogen-bond donors (Lipinski definition) is 1. The Morgan fingerprint density at radius 2 is 1.95 bits per heavy atom. The smallest absolute Gasteiger partial charge is 0.122 e. The number of nitrogens with zero attached hydrogens (tertiary/aromatic N) is 2. The molecular weight excluding hydrogens is 293 g/mol. The van der Waals surface area contributed by atoms with Crippen molar-refractivity contribution < 1.29 is 0 Å². The summed E-state index contributed by atoms with van der Waals surface area (Å²) in [6, 6.07) is 5.70. The van der Waals surface area contributed by atoms with E-state index in [1.165, 1.54) is 0 Å². The Labute approximate surface area is 129 Å². The zero-order valence-corrected chi connectivity index (χ0v) is 13.5. The van der Waals surface area contributed by atoms with Crippen LogP contribution in [0.1, 0.15) is 32.2 Å². The standard InChI is InChI=1S/C15H19Cl2N3/c1-15(2,3)19-9-14-18-6-7-20(14)10-11-4-5-12(16)13(17)8-11/h4-8,19H,9-10H2,1-3H3. The van der Waals surface area contributed by atoms with Crippen molar-refractivity contribution in [2.24, 2.45) is 0 Å². The van der Waals surface area contributed by atoms with Crippen LogP contribution in [0.25, 0.3) is 0 Å². The van der Waals surface area contributed by atoms with Gasteiger partial charge in [-0.3, -0.25) is 0 Å². The number of halogens is 2. The summed E-state index contributed by atoms with van der Waals surface area (Å²) in [6.07, 6.45) is 3.79. The van der Waals surface area contributed by atoms with Crippen LogP contribution in [0.5, 0.6) is 0 Å². The van der Waals surface area contributed by atoms with Crippen molar-refractivity contribution in [2.75, 3.05) is 0 Å². The number of nitrogens with one attached hydrogen (secondary N) is 1. The van der Waals surface area contributed by atoms with E-state index in [9.17, 15) is 0 Å². The Bertz CT molecular complexity index is 585. The SMILES string of the molecule is CC(C)(C)NCc1nccn1Cc1ccc(Cl)c(Cl)c1. The van der Waals surface area contributed by atoms with Crippen molar-refractivity contribution in [2.45, 2.75) is 39.4 Å². The molecule has 0 fully saturated rings. The molecular formula is C15H19Cl2N3. The summed E-state index contributed by atoms with van der Waals surface area (Å²) < 4.78 is 2.11. The van der Waals surface area contributed by atoms with Crippen LogP contribution in [0.4, 0.5) is 0 Å². The van der Waals surface area contributed by atoms with Crippen molar-refractivity contribution in [1.29, 1.82) is 0 Å². The lowest BCUT2D eigenvalue weighted by atomic mass is 10.1. The van der Waals surface area contributed by atoms with Crippen LogP contribution >= 0.6 is 23.2 Å². The molecule has 1 N–H and O–H groups in total. The Kier molecular flexibility index (Phi) is 4.74. The van der Waals surface area contributed by atoms with Crippen LogP contribution < -0.4 is 5.32 Å². The summed E-state index contributed by atoms with van der Waals surface area (Å²) in [5.41, 5.74) is 1.18. The minimum Gasteiger partial charge on any atom is -0.329 e. The first kappa shape index (κ1) is 15.4. The molecule has 5 heteroatoms. The van der Waals surface area contributed by atoms with Gasteiger partial charge in [0.05, 0.1) is 16.6 Å². The van der Waals surface area contributed by atoms with Gasteiger partial charge in [0.1, 0.15) is 5.82 Å². The van der Waals surface area contributed by atoms with Crippen LogP contribution in [0.15, 0.2) is 30.6 Å². The number of aromatic nitrogens is 2. The lowest BCUT2D eigenvalue weighted by Gasteiger charge is -2.20. The van der Waals surface area contributed by atoms with Gasteiger partial charge in [-0.25, -0.2) is 4.98 Å². The molecule has 0 spiro atoms. The maximum Gasteiger partial charge on any atom is 0.122 e. The monoisotopic (exact) mass is 311 g/mol. The summed E-state index contributed by atoms with van der Waals surface area (Å²) in [5.74, 6) is 1.01. The molecule has 0 saturated carbocycles. The van der Waals surface area contributed by atoms with Gasteiger partial charge in [0.2, 0.25) is 0 Å². The third kappa shape index (κ3) is 4.23. The van der Waals surface area contributed by atoms with Gasteiger partial charge in [-0.15, -0.1) is 0 Å². The molecule has 0 aliphatic rings. The molecule has 1 aromatic heterocycles. The van der Waals surface area contributed by atoms with Gasteiger partial charge in [0, 0.05) is 24.5 Å². The molecule has 0 aliphatic heterocycles. The van der Waals surface area contributed by atoms with Gasteiger partial charge < -0.3 is 9.88 Å². The second kappa shape index (κ2) is 6.17. The van der Waals surface area contributed by atoms with E-state index in [1.54, 1.807) is 0 Å². The maximum atomic E-state index is 6.05. The van der Waals surface area contributed by atoms with E-state index in [1.807, 2.05) is 30.6 Å². The van der Waals surface area contributed by atoms with Crippen molar-refractivity contribution >= 4 is 23.2 Å². The average Bonchev–Trinajstić information content (AvgIpc) is 2.78. The van der Waals surface area contributed by atoms with Crippen LogP contribution in [0, 0.1) is 0 Å². The lowest BCUT2D eigenvalue weighted by molar-refractivity contribution is 0.413. The minimum absolute atomic E-state index is 0.0698. The fourth-order valence-corrected chi connectivity index (χ4v) is 2.15. The fraction of sp³-hybridized carbons (Fsp3) is 0.400. The summed E-state index contributed by atoms with van der Waals surface area (Å²) in [7, 11) is 0. The van der Waals surface area contributed by atoms with Crippen molar-refractivity contribution in [3.8, 4) is 0 Å². The molecule has 0 radical (unpaired) electrons. The quantitative estimate of drug-likeness (QED) is 0.920. The molecule has 20 heavy (non-hydrogen) atoms. The summed E-state index contributed by atoms with van der Waals surface area (Å²) >= 11 is 12.0. The Morgan fingerprint density at radius 3 is 2.60 bits per heavy atom. The largest absolute Gasteiger partial charge is 0.329 e. The summed E-state index contributed by atoms with van der Waals surface area (Å²) in [4.78, 5) is 4.40. The van der Waals surface area contributed by atoms with Gasteiger partial charge in [-0.1, -0.05) is 29.3 Å². The highest BCUT2D eigenvalue weighted by Gasteiger charge is 2.11. The van der Waals surface area contributed by atoms with E-state index in [0.29, 0.717) is 10.0 Å². The normalized spacial score (nSPS) is 11.8. The zero-order valence-electron chi connectivity index (χ0n) is 12.0. The summed E-state index contributed by atoms with van der Waals surface area (Å²) in [5, 5.41) is 4.60. The van der Waals surface area contributed by atoms with Gasteiger partial charge in [-0.2, -0.15) is 0 Å².